The van der Waals surface area contributed by atoms with E-state index < -0.39 is 26.6 Å². The fourth-order valence-corrected chi connectivity index (χ4v) is 0.631. The van der Waals surface area contributed by atoms with Crippen LogP contribution in [0.1, 0.15) is 0 Å². The second kappa shape index (κ2) is 2.76. The van der Waals surface area contributed by atoms with Crippen LogP contribution in [0.25, 0.3) is 0 Å². The largest absolute Gasteiger partial charge is 0.511 e. The lowest BCUT2D eigenvalue weighted by Gasteiger charge is -2.10. The first-order chi connectivity index (χ1) is 4.96. The Bertz CT molecular complexity index is 248. The first-order valence-corrected chi connectivity index (χ1v) is 3.61. The van der Waals surface area contributed by atoms with Gasteiger partial charge in [0.25, 0.3) is 0 Å². The normalized spacial score (nSPS) is 14.8. The van der Waals surface area contributed by atoms with Crippen molar-refractivity contribution in [1.82, 2.24) is 4.72 Å². The molecule has 3 nitrogen and oxygen atoms in total. The Hall–Kier alpha value is -0.510. The molecule has 0 spiro atoms. The average molecular weight is 217 g/mol. The van der Waals surface area contributed by atoms with Crippen molar-refractivity contribution in [1.29, 1.82) is 0 Å². The SMILES string of the molecule is O=S(=O)(NC(F)(F)F)C(F)(F)F. The first kappa shape index (κ1) is 11.5. The lowest BCUT2D eigenvalue weighted by atomic mass is 11.3. The van der Waals surface area contributed by atoms with Crippen LogP contribution in [0.4, 0.5) is 26.3 Å². The Morgan fingerprint density at radius 3 is 1.33 bits per heavy atom. The van der Waals surface area contributed by atoms with Crippen molar-refractivity contribution in [3.8, 4) is 0 Å². The van der Waals surface area contributed by atoms with E-state index in [4.69, 9.17) is 0 Å². The van der Waals surface area contributed by atoms with E-state index in [0.717, 1.165) is 0 Å². The molecule has 0 unspecified atom stereocenters. The predicted octanol–water partition coefficient (Wildman–Crippen LogP) is 0.945. The fraction of sp³-hybridized carbons (Fsp3) is 1.00. The Labute approximate surface area is 62.4 Å². The molecule has 0 amide bonds. The van der Waals surface area contributed by atoms with Gasteiger partial charge in [-0.3, -0.25) is 0 Å². The summed E-state index contributed by atoms with van der Waals surface area (Å²) in [7, 11) is -6.33. The lowest BCUT2D eigenvalue weighted by molar-refractivity contribution is -0.143. The Morgan fingerprint density at radius 2 is 1.25 bits per heavy atom. The van der Waals surface area contributed by atoms with Gasteiger partial charge in [-0.2, -0.15) is 26.3 Å². The summed E-state index contributed by atoms with van der Waals surface area (Å²) in [4.78, 5) is 0. The van der Waals surface area contributed by atoms with Gasteiger partial charge in [-0.15, -0.1) is 4.72 Å². The molecule has 0 saturated carbocycles. The maximum absolute atomic E-state index is 11.2. The molecule has 0 aromatic carbocycles. The standard InChI is InChI=1S/C2HF6NO2S/c3-1(4,5)9-12(10,11)2(6,7)8/h9H. The van der Waals surface area contributed by atoms with Crippen molar-refractivity contribution in [3.05, 3.63) is 0 Å². The van der Waals surface area contributed by atoms with Crippen molar-refractivity contribution in [3.63, 3.8) is 0 Å². The highest BCUT2D eigenvalue weighted by atomic mass is 32.2. The van der Waals surface area contributed by atoms with Gasteiger partial charge in [-0.1, -0.05) is 0 Å². The molecular formula is C2HF6NO2S. The van der Waals surface area contributed by atoms with E-state index in [1.165, 1.54) is 0 Å². The summed E-state index contributed by atoms with van der Waals surface area (Å²) >= 11 is 0. The molecule has 10 heteroatoms. The third-order valence-electron chi connectivity index (χ3n) is 0.555. The molecule has 1 N–H and O–H groups in total. The molecule has 0 aliphatic rings. The molecule has 0 aliphatic heterocycles. The fourth-order valence-electron chi connectivity index (χ4n) is 0.210. The molecule has 0 saturated heterocycles. The lowest BCUT2D eigenvalue weighted by Crippen LogP contribution is -2.44. The predicted molar refractivity (Wildman–Crippen MR) is 24.2 cm³/mol. The van der Waals surface area contributed by atoms with Crippen LogP contribution in [0.15, 0.2) is 0 Å². The molecule has 0 radical (unpaired) electrons. The molecule has 0 atom stereocenters. The van der Waals surface area contributed by atoms with Crippen LogP contribution in [-0.2, 0) is 10.0 Å². The average Bonchev–Trinajstić information content (AvgIpc) is 1.52. The Morgan fingerprint density at radius 1 is 0.917 bits per heavy atom. The van der Waals surface area contributed by atoms with E-state index in [1.54, 1.807) is 0 Å². The quantitative estimate of drug-likeness (QED) is 0.525. The van der Waals surface area contributed by atoms with Gasteiger partial charge in [0.15, 0.2) is 0 Å². The summed E-state index contributed by atoms with van der Waals surface area (Å²) in [6.45, 7) is 0. The minimum Gasteiger partial charge on any atom is -0.203 e. The van der Waals surface area contributed by atoms with E-state index in [1.807, 2.05) is 0 Å². The molecule has 0 fully saturated rings. The van der Waals surface area contributed by atoms with Crippen molar-refractivity contribution in [2.24, 2.45) is 0 Å². The zero-order chi connectivity index (χ0) is 10.2. The number of hydrogen-bond acceptors (Lipinski definition) is 2. The van der Waals surface area contributed by atoms with Gasteiger partial charge in [0.05, 0.1) is 0 Å². The summed E-state index contributed by atoms with van der Waals surface area (Å²) < 4.78 is 85.8. The minimum absolute atomic E-state index is 0.517. The number of sulfonamides is 1. The highest BCUT2D eigenvalue weighted by Crippen LogP contribution is 2.25. The first-order valence-electron chi connectivity index (χ1n) is 2.13. The van der Waals surface area contributed by atoms with Gasteiger partial charge in [0.2, 0.25) is 0 Å². The summed E-state index contributed by atoms with van der Waals surface area (Å²) in [5.41, 5.74) is -5.96. The van der Waals surface area contributed by atoms with Gasteiger partial charge in [-0.05, 0) is 0 Å². The number of halogens is 6. The van der Waals surface area contributed by atoms with Crippen molar-refractivity contribution >= 4 is 10.0 Å². The van der Waals surface area contributed by atoms with Gasteiger partial charge in [-0.25, -0.2) is 8.42 Å². The number of nitrogens with one attached hydrogen (secondary N) is 1. The summed E-state index contributed by atoms with van der Waals surface area (Å²) in [5.74, 6) is 0. The van der Waals surface area contributed by atoms with Gasteiger partial charge >= 0.3 is 21.8 Å². The van der Waals surface area contributed by atoms with Gasteiger partial charge in [0.1, 0.15) is 0 Å². The number of rotatable bonds is 1. The van der Waals surface area contributed by atoms with Gasteiger partial charge in [0, 0.05) is 0 Å². The third kappa shape index (κ3) is 3.26. The topological polar surface area (TPSA) is 46.2 Å². The number of alkyl halides is 6. The molecule has 0 aromatic heterocycles. The summed E-state index contributed by atoms with van der Waals surface area (Å²) in [5, 5.41) is 0. The molecule has 0 aliphatic carbocycles. The van der Waals surface area contributed by atoms with Crippen LogP contribution < -0.4 is 4.72 Å². The zero-order valence-corrected chi connectivity index (χ0v) is 5.81. The van der Waals surface area contributed by atoms with Crippen molar-refractivity contribution < 1.29 is 34.8 Å². The van der Waals surface area contributed by atoms with Crippen molar-refractivity contribution in [2.75, 3.05) is 0 Å². The van der Waals surface area contributed by atoms with E-state index in [2.05, 4.69) is 0 Å². The Balaban J connectivity index is 4.70. The van der Waals surface area contributed by atoms with Crippen LogP contribution in [0, 0.1) is 0 Å². The summed E-state index contributed by atoms with van der Waals surface area (Å²) in [6, 6.07) is 0. The second-order valence-electron chi connectivity index (χ2n) is 1.55. The maximum Gasteiger partial charge on any atom is 0.511 e. The molecule has 0 aromatic rings. The second-order valence-corrected chi connectivity index (χ2v) is 3.22. The smallest absolute Gasteiger partial charge is 0.203 e. The van der Waals surface area contributed by atoms with Crippen LogP contribution >= 0.6 is 0 Å². The summed E-state index contributed by atoms with van der Waals surface area (Å²) in [6.07, 6.45) is -5.62. The van der Waals surface area contributed by atoms with Crippen LogP contribution in [-0.4, -0.2) is 20.2 Å². The molecule has 0 bridgehead atoms. The highest BCUT2D eigenvalue weighted by molar-refractivity contribution is 7.90. The van der Waals surface area contributed by atoms with Crippen LogP contribution in [0.5, 0.6) is 0 Å². The molecule has 74 valence electrons. The Kier molecular flexibility index (Phi) is 2.65. The van der Waals surface area contributed by atoms with Crippen molar-refractivity contribution in [2.45, 2.75) is 11.8 Å². The maximum atomic E-state index is 11.2. The highest BCUT2D eigenvalue weighted by Gasteiger charge is 2.51. The minimum atomic E-state index is -6.33. The van der Waals surface area contributed by atoms with Crippen LogP contribution in [0.2, 0.25) is 0 Å². The van der Waals surface area contributed by atoms with E-state index >= 15 is 0 Å². The number of hydrogen-bond donors (Lipinski definition) is 1. The van der Waals surface area contributed by atoms with E-state index in [9.17, 15) is 34.8 Å². The monoisotopic (exact) mass is 217 g/mol. The molecule has 12 heavy (non-hydrogen) atoms. The zero-order valence-electron chi connectivity index (χ0n) is 4.99. The van der Waals surface area contributed by atoms with E-state index in [0.29, 0.717) is 0 Å². The molecule has 0 rings (SSSR count). The molecule has 0 heterocycles. The molecular weight excluding hydrogens is 216 g/mol. The van der Waals surface area contributed by atoms with Crippen LogP contribution in [0.3, 0.4) is 0 Å². The van der Waals surface area contributed by atoms with E-state index in [-0.39, 0.29) is 0 Å². The third-order valence-corrected chi connectivity index (χ3v) is 1.66. The van der Waals surface area contributed by atoms with Gasteiger partial charge < -0.3 is 0 Å².